The maximum absolute atomic E-state index is 5.01. The van der Waals surface area contributed by atoms with E-state index in [9.17, 15) is 0 Å². The van der Waals surface area contributed by atoms with Crippen molar-refractivity contribution in [3.8, 4) is 11.5 Å². The third-order valence-electron chi connectivity index (χ3n) is 1.25. The largest absolute Gasteiger partial charge is 0.367 e. The normalized spacial score (nSPS) is 15.7. The van der Waals surface area contributed by atoms with E-state index in [4.69, 9.17) is 9.68 Å². The number of hydroxylamine groups is 2. The van der Waals surface area contributed by atoms with Gasteiger partial charge in [0.25, 0.3) is 0 Å². The molecule has 3 heteroatoms. The summed E-state index contributed by atoms with van der Waals surface area (Å²) in [6, 6.07) is 7.39. The van der Waals surface area contributed by atoms with Crippen molar-refractivity contribution in [2.24, 2.45) is 0 Å². The van der Waals surface area contributed by atoms with Gasteiger partial charge < -0.3 is 9.68 Å². The lowest BCUT2D eigenvalue weighted by molar-refractivity contribution is -0.185. The summed E-state index contributed by atoms with van der Waals surface area (Å²) in [5.41, 5.74) is 0. The molecule has 2 rings (SSSR count). The minimum atomic E-state index is 0.706. The van der Waals surface area contributed by atoms with Crippen molar-refractivity contribution in [2.45, 2.75) is 0 Å². The highest BCUT2D eigenvalue weighted by molar-refractivity contribution is 5.40. The van der Waals surface area contributed by atoms with Crippen LogP contribution in [0.5, 0.6) is 11.5 Å². The number of fused-ring (bicyclic) bond motifs is 1. The van der Waals surface area contributed by atoms with Crippen molar-refractivity contribution in [3.05, 3.63) is 31.3 Å². The Morgan fingerprint density at radius 2 is 1.60 bits per heavy atom. The first-order valence-corrected chi connectivity index (χ1v) is 2.92. The summed E-state index contributed by atoms with van der Waals surface area (Å²) in [7, 11) is 3.44. The summed E-state index contributed by atoms with van der Waals surface area (Å²) in [6.07, 6.45) is 0. The highest BCUT2D eigenvalue weighted by atomic mass is 17.0. The topological polar surface area (TPSA) is 21.7 Å². The first kappa shape index (κ1) is 5.56. The summed E-state index contributed by atoms with van der Waals surface area (Å²) < 4.78 is 0. The molecule has 3 nitrogen and oxygen atoms in total. The van der Waals surface area contributed by atoms with Crippen molar-refractivity contribution in [1.29, 1.82) is 0 Å². The number of benzene rings is 1. The van der Waals surface area contributed by atoms with Crippen molar-refractivity contribution in [2.75, 3.05) is 0 Å². The van der Waals surface area contributed by atoms with Crippen molar-refractivity contribution in [1.82, 2.24) is 5.23 Å². The Morgan fingerprint density at radius 3 is 2.10 bits per heavy atom. The number of hydrogen-bond donors (Lipinski definition) is 0. The van der Waals surface area contributed by atoms with Gasteiger partial charge in [0.1, 0.15) is 0 Å². The zero-order valence-corrected chi connectivity index (χ0v) is 5.28. The molecule has 1 heterocycles. The third kappa shape index (κ3) is 0.717. The molecule has 51 valence electrons. The molecule has 0 unspecified atom stereocenters. The SMILES string of the molecule is [CH2]N1Oc2ccccc2O1. The summed E-state index contributed by atoms with van der Waals surface area (Å²) in [5.74, 6) is 1.41. The van der Waals surface area contributed by atoms with E-state index in [0.717, 1.165) is 5.23 Å². The molecule has 1 aliphatic rings. The number of nitrogens with zero attached hydrogens (tertiary/aromatic N) is 1. The quantitative estimate of drug-likeness (QED) is 0.537. The smallest absolute Gasteiger partial charge is 0.196 e. The second-order valence-corrected chi connectivity index (χ2v) is 1.96. The maximum Gasteiger partial charge on any atom is 0.196 e. The molecule has 0 saturated heterocycles. The second-order valence-electron chi connectivity index (χ2n) is 1.96. The monoisotopic (exact) mass is 136 g/mol. The predicted molar refractivity (Wildman–Crippen MR) is 34.9 cm³/mol. The van der Waals surface area contributed by atoms with E-state index < -0.39 is 0 Å². The predicted octanol–water partition coefficient (Wildman–Crippen LogP) is 1.38. The average Bonchev–Trinajstić information content (AvgIpc) is 2.27. The summed E-state index contributed by atoms with van der Waals surface area (Å²) in [6.45, 7) is 0. The Hall–Kier alpha value is -1.22. The molecule has 1 aromatic carbocycles. The Labute approximate surface area is 58.7 Å². The van der Waals surface area contributed by atoms with Crippen LogP contribution in [-0.2, 0) is 0 Å². The van der Waals surface area contributed by atoms with Crippen LogP contribution in [0.15, 0.2) is 24.3 Å². The molecule has 0 saturated carbocycles. The van der Waals surface area contributed by atoms with Crippen LogP contribution in [0.3, 0.4) is 0 Å². The minimum Gasteiger partial charge on any atom is -0.367 e. The zero-order valence-electron chi connectivity index (χ0n) is 5.28. The van der Waals surface area contributed by atoms with Gasteiger partial charge in [-0.2, -0.15) is 0 Å². The summed E-state index contributed by atoms with van der Waals surface area (Å²) >= 11 is 0. The van der Waals surface area contributed by atoms with E-state index in [-0.39, 0.29) is 0 Å². The Kier molecular flexibility index (Phi) is 1.05. The lowest BCUT2D eigenvalue weighted by atomic mass is 10.3. The molecule has 0 amide bonds. The standard InChI is InChI=1S/C7H6NO2/c1-8-9-6-4-2-3-5-7(6)10-8/h2-5H,1H2. The van der Waals surface area contributed by atoms with Crippen LogP contribution in [0.4, 0.5) is 0 Å². The van der Waals surface area contributed by atoms with Gasteiger partial charge in [0, 0.05) is 5.23 Å². The van der Waals surface area contributed by atoms with E-state index in [1.54, 1.807) is 0 Å². The van der Waals surface area contributed by atoms with Gasteiger partial charge in [-0.1, -0.05) is 12.1 Å². The second kappa shape index (κ2) is 1.88. The molecule has 1 aromatic rings. The molecular formula is C7H6NO2. The van der Waals surface area contributed by atoms with Crippen molar-refractivity contribution < 1.29 is 9.68 Å². The van der Waals surface area contributed by atoms with E-state index >= 15 is 0 Å². The average molecular weight is 136 g/mol. The summed E-state index contributed by atoms with van der Waals surface area (Å²) in [5, 5.41) is 1.07. The molecule has 10 heavy (non-hydrogen) atoms. The Bertz CT molecular complexity index is 224. The molecule has 0 N–H and O–H groups in total. The van der Waals surface area contributed by atoms with E-state index in [2.05, 4.69) is 7.05 Å². The number of para-hydroxylation sites is 2. The van der Waals surface area contributed by atoms with E-state index in [0.29, 0.717) is 11.5 Å². The summed E-state index contributed by atoms with van der Waals surface area (Å²) in [4.78, 5) is 10.0. The van der Waals surface area contributed by atoms with Crippen LogP contribution in [0, 0.1) is 7.05 Å². The van der Waals surface area contributed by atoms with Gasteiger partial charge in [0.2, 0.25) is 0 Å². The molecule has 0 bridgehead atoms. The highest BCUT2D eigenvalue weighted by Crippen LogP contribution is 2.32. The van der Waals surface area contributed by atoms with E-state index in [1.165, 1.54) is 0 Å². The Morgan fingerprint density at radius 1 is 1.10 bits per heavy atom. The van der Waals surface area contributed by atoms with Crippen molar-refractivity contribution >= 4 is 0 Å². The molecule has 0 spiro atoms. The molecule has 0 aliphatic carbocycles. The first-order valence-electron chi connectivity index (χ1n) is 2.92. The van der Waals surface area contributed by atoms with E-state index in [1.807, 2.05) is 24.3 Å². The fraction of sp³-hybridized carbons (Fsp3) is 0. The van der Waals surface area contributed by atoms with Crippen LogP contribution in [0.25, 0.3) is 0 Å². The molecule has 1 radical (unpaired) electrons. The fourth-order valence-electron chi connectivity index (χ4n) is 0.839. The van der Waals surface area contributed by atoms with Gasteiger partial charge in [-0.15, -0.1) is 0 Å². The van der Waals surface area contributed by atoms with Gasteiger partial charge in [-0.05, 0) is 12.1 Å². The van der Waals surface area contributed by atoms with Crippen LogP contribution in [-0.4, -0.2) is 5.23 Å². The molecule has 1 aliphatic heterocycles. The van der Waals surface area contributed by atoms with Gasteiger partial charge in [-0.25, -0.2) is 0 Å². The maximum atomic E-state index is 5.01. The Balaban J connectivity index is 2.42. The fourth-order valence-corrected chi connectivity index (χ4v) is 0.839. The van der Waals surface area contributed by atoms with Gasteiger partial charge >= 0.3 is 0 Å². The lowest BCUT2D eigenvalue weighted by Gasteiger charge is -2.02. The number of hydrogen-bond acceptors (Lipinski definition) is 3. The zero-order chi connectivity index (χ0) is 6.97. The van der Waals surface area contributed by atoms with Gasteiger partial charge in [0.05, 0.1) is 7.05 Å². The van der Waals surface area contributed by atoms with Crippen LogP contribution in [0.1, 0.15) is 0 Å². The molecule has 0 aromatic heterocycles. The third-order valence-corrected chi connectivity index (χ3v) is 1.25. The van der Waals surface area contributed by atoms with Gasteiger partial charge in [0.15, 0.2) is 11.5 Å². The molecule has 0 atom stereocenters. The van der Waals surface area contributed by atoms with Crippen LogP contribution >= 0.6 is 0 Å². The van der Waals surface area contributed by atoms with Crippen LogP contribution < -0.4 is 9.68 Å². The van der Waals surface area contributed by atoms with Gasteiger partial charge in [-0.3, -0.25) is 0 Å². The molecule has 0 fully saturated rings. The van der Waals surface area contributed by atoms with Crippen LogP contribution in [0.2, 0.25) is 0 Å². The van der Waals surface area contributed by atoms with Crippen molar-refractivity contribution in [3.63, 3.8) is 0 Å². The molecular weight excluding hydrogens is 130 g/mol. The minimum absolute atomic E-state index is 0.706. The number of rotatable bonds is 0. The highest BCUT2D eigenvalue weighted by Gasteiger charge is 2.17. The first-order chi connectivity index (χ1) is 4.86. The lowest BCUT2D eigenvalue weighted by Crippen LogP contribution is -2.16.